The predicted octanol–water partition coefficient (Wildman–Crippen LogP) is 2.16. The Morgan fingerprint density at radius 1 is 0.760 bits per heavy atom. The molecular formula is C19H39NaO4S. The fraction of sp³-hybridized carbons (Fsp3) is 1.00. The summed E-state index contributed by atoms with van der Waals surface area (Å²) >= 11 is 0. The number of unbranched alkanes of at least 4 members (excludes halogenated alkanes) is 10. The molecular weight excluding hydrogens is 347 g/mol. The molecule has 6 heteroatoms. The van der Waals surface area contributed by atoms with Gasteiger partial charge in [-0.3, -0.25) is 0 Å². The Bertz CT molecular complexity index is 374. The summed E-state index contributed by atoms with van der Waals surface area (Å²) < 4.78 is 34.2. The summed E-state index contributed by atoms with van der Waals surface area (Å²) in [7, 11) is -4.31. The Morgan fingerprint density at radius 2 is 1.16 bits per heavy atom. The van der Waals surface area contributed by atoms with Gasteiger partial charge in [-0.2, -0.15) is 0 Å². The molecule has 2 unspecified atom stereocenters. The molecule has 0 aliphatic rings. The summed E-state index contributed by atoms with van der Waals surface area (Å²) in [6.45, 7) is 4.33. The molecule has 0 amide bonds. The first-order valence-corrected chi connectivity index (χ1v) is 11.5. The van der Waals surface area contributed by atoms with Crippen molar-refractivity contribution in [2.24, 2.45) is 0 Å². The fourth-order valence-electron chi connectivity index (χ4n) is 3.11. The standard InChI is InChI=1S/C19H40O4S.Na/c1-3-5-7-9-10-12-13-15-18(20)17-19(24(21,22)23)16-14-11-8-6-4-2;/h18-20H,3-17H2,1-2H3,(H,21,22,23);/q;+1/p-1. The fourth-order valence-corrected chi connectivity index (χ4v) is 4.03. The van der Waals surface area contributed by atoms with Crippen LogP contribution in [0.1, 0.15) is 110 Å². The second-order valence-electron chi connectivity index (χ2n) is 7.12. The maximum absolute atomic E-state index is 11.4. The van der Waals surface area contributed by atoms with E-state index in [1.165, 1.54) is 32.1 Å². The molecule has 0 heterocycles. The van der Waals surface area contributed by atoms with Crippen LogP contribution in [0.5, 0.6) is 0 Å². The molecule has 0 aliphatic carbocycles. The minimum absolute atomic E-state index is 0. The minimum Gasteiger partial charge on any atom is -0.748 e. The average Bonchev–Trinajstić information content (AvgIpc) is 2.51. The van der Waals surface area contributed by atoms with Crippen molar-refractivity contribution in [2.45, 2.75) is 122 Å². The van der Waals surface area contributed by atoms with Gasteiger partial charge >= 0.3 is 29.6 Å². The van der Waals surface area contributed by atoms with Gasteiger partial charge in [-0.15, -0.1) is 0 Å². The van der Waals surface area contributed by atoms with Crippen LogP contribution in [0.15, 0.2) is 0 Å². The number of hydrogen-bond donors (Lipinski definition) is 1. The van der Waals surface area contributed by atoms with Crippen molar-refractivity contribution in [1.29, 1.82) is 0 Å². The van der Waals surface area contributed by atoms with E-state index in [4.69, 9.17) is 0 Å². The number of aliphatic hydroxyl groups is 1. The molecule has 0 rings (SSSR count). The van der Waals surface area contributed by atoms with Gasteiger partial charge in [0.25, 0.3) is 0 Å². The van der Waals surface area contributed by atoms with E-state index in [-0.39, 0.29) is 36.0 Å². The van der Waals surface area contributed by atoms with Crippen LogP contribution in [-0.4, -0.2) is 29.4 Å². The van der Waals surface area contributed by atoms with Crippen LogP contribution in [0.4, 0.5) is 0 Å². The molecule has 0 fully saturated rings. The van der Waals surface area contributed by atoms with E-state index in [0.717, 1.165) is 44.9 Å². The van der Waals surface area contributed by atoms with Crippen LogP contribution in [0.25, 0.3) is 0 Å². The van der Waals surface area contributed by atoms with E-state index >= 15 is 0 Å². The molecule has 0 spiro atoms. The van der Waals surface area contributed by atoms with E-state index in [2.05, 4.69) is 13.8 Å². The summed E-state index contributed by atoms with van der Waals surface area (Å²) in [6, 6.07) is 0. The topological polar surface area (TPSA) is 77.4 Å². The van der Waals surface area contributed by atoms with Crippen LogP contribution in [-0.2, 0) is 10.1 Å². The van der Waals surface area contributed by atoms with Crippen molar-refractivity contribution in [1.82, 2.24) is 0 Å². The molecule has 0 aromatic carbocycles. The van der Waals surface area contributed by atoms with E-state index in [9.17, 15) is 18.1 Å². The second kappa shape index (κ2) is 18.2. The largest absolute Gasteiger partial charge is 1.00 e. The Kier molecular flexibility index (Phi) is 20.5. The van der Waals surface area contributed by atoms with Crippen LogP contribution in [0.3, 0.4) is 0 Å². The molecule has 0 radical (unpaired) electrons. The van der Waals surface area contributed by atoms with Crippen LogP contribution < -0.4 is 29.6 Å². The molecule has 0 aliphatic heterocycles. The molecule has 25 heavy (non-hydrogen) atoms. The molecule has 0 saturated heterocycles. The van der Waals surface area contributed by atoms with Crippen LogP contribution >= 0.6 is 0 Å². The van der Waals surface area contributed by atoms with E-state index in [1.807, 2.05) is 0 Å². The van der Waals surface area contributed by atoms with Gasteiger partial charge in [0, 0.05) is 0 Å². The SMILES string of the molecule is CCCCCCCCCC(O)CC(CCCCCCC)S(=O)(=O)[O-].[Na+]. The predicted molar refractivity (Wildman–Crippen MR) is 100 cm³/mol. The zero-order valence-electron chi connectivity index (χ0n) is 16.8. The maximum atomic E-state index is 11.4. The van der Waals surface area contributed by atoms with Crippen molar-refractivity contribution in [3.63, 3.8) is 0 Å². The number of aliphatic hydroxyl groups excluding tert-OH is 1. The normalized spacial score (nSPS) is 14.1. The molecule has 4 nitrogen and oxygen atoms in total. The monoisotopic (exact) mass is 386 g/mol. The van der Waals surface area contributed by atoms with Gasteiger partial charge in [0.1, 0.15) is 0 Å². The molecule has 0 saturated carbocycles. The Morgan fingerprint density at radius 3 is 1.60 bits per heavy atom. The molecule has 1 N–H and O–H groups in total. The van der Waals surface area contributed by atoms with E-state index in [0.29, 0.717) is 12.8 Å². The Balaban J connectivity index is 0. The summed E-state index contributed by atoms with van der Waals surface area (Å²) in [6.07, 6.45) is 13.7. The Hall–Kier alpha value is 0.870. The second-order valence-corrected chi connectivity index (χ2v) is 8.77. The average molecular weight is 387 g/mol. The number of hydrogen-bond acceptors (Lipinski definition) is 4. The molecule has 146 valence electrons. The van der Waals surface area contributed by atoms with E-state index < -0.39 is 21.5 Å². The summed E-state index contributed by atoms with van der Waals surface area (Å²) in [5.41, 5.74) is 0. The molecule has 0 aromatic rings. The van der Waals surface area contributed by atoms with Gasteiger partial charge in [-0.25, -0.2) is 8.42 Å². The first-order chi connectivity index (χ1) is 11.4. The zero-order chi connectivity index (χ0) is 18.3. The third kappa shape index (κ3) is 18.0. The summed E-state index contributed by atoms with van der Waals surface area (Å²) in [5.74, 6) is 0. The molecule has 2 atom stereocenters. The smallest absolute Gasteiger partial charge is 0.748 e. The molecule has 0 aromatic heterocycles. The zero-order valence-corrected chi connectivity index (χ0v) is 19.7. The van der Waals surface area contributed by atoms with Crippen molar-refractivity contribution >= 4 is 10.1 Å². The summed E-state index contributed by atoms with van der Waals surface area (Å²) in [5, 5.41) is 9.14. The third-order valence-corrected chi connectivity index (χ3v) is 5.96. The van der Waals surface area contributed by atoms with Crippen molar-refractivity contribution in [2.75, 3.05) is 0 Å². The third-order valence-electron chi connectivity index (χ3n) is 4.71. The van der Waals surface area contributed by atoms with Crippen LogP contribution in [0.2, 0.25) is 0 Å². The van der Waals surface area contributed by atoms with Gasteiger partial charge in [0.15, 0.2) is 0 Å². The van der Waals surface area contributed by atoms with Crippen molar-refractivity contribution in [3.8, 4) is 0 Å². The minimum atomic E-state index is -4.31. The van der Waals surface area contributed by atoms with Crippen LogP contribution in [0, 0.1) is 0 Å². The van der Waals surface area contributed by atoms with Gasteiger partial charge in [0.2, 0.25) is 0 Å². The van der Waals surface area contributed by atoms with Gasteiger partial charge < -0.3 is 9.66 Å². The summed E-state index contributed by atoms with van der Waals surface area (Å²) in [4.78, 5) is 0. The van der Waals surface area contributed by atoms with Gasteiger partial charge in [-0.05, 0) is 19.3 Å². The maximum Gasteiger partial charge on any atom is 1.00 e. The van der Waals surface area contributed by atoms with Crippen molar-refractivity contribution in [3.05, 3.63) is 0 Å². The van der Waals surface area contributed by atoms with Gasteiger partial charge in [0.05, 0.1) is 21.5 Å². The quantitative estimate of drug-likeness (QED) is 0.236. The Labute approximate surface area is 178 Å². The first kappa shape index (κ1) is 28.1. The van der Waals surface area contributed by atoms with Gasteiger partial charge in [-0.1, -0.05) is 90.9 Å². The van der Waals surface area contributed by atoms with E-state index in [1.54, 1.807) is 0 Å². The van der Waals surface area contributed by atoms with Crippen molar-refractivity contribution < 1.29 is 47.6 Å². The first-order valence-electron chi connectivity index (χ1n) is 10.0. The number of rotatable bonds is 17. The molecule has 0 bridgehead atoms.